The molecule has 1 heterocycles. The van der Waals surface area contributed by atoms with Gasteiger partial charge >= 0.3 is 0 Å². The van der Waals surface area contributed by atoms with Crippen LogP contribution in [0.15, 0.2) is 66.7 Å². The molecule has 3 aromatic carbocycles. The lowest BCUT2D eigenvalue weighted by Crippen LogP contribution is -2.35. The zero-order valence-corrected chi connectivity index (χ0v) is 17.6. The minimum Gasteiger partial charge on any atom is -0.457 e. The summed E-state index contributed by atoms with van der Waals surface area (Å²) in [5.41, 5.74) is 0.842. The number of rotatable bonds is 5. The van der Waals surface area contributed by atoms with Gasteiger partial charge in [-0.25, -0.2) is 0 Å². The molecule has 5 rings (SSSR count). The molecule has 0 spiro atoms. The molecule has 2 amide bonds. The Morgan fingerprint density at radius 3 is 2.39 bits per heavy atom. The molecule has 0 aromatic heterocycles. The van der Waals surface area contributed by atoms with Crippen molar-refractivity contribution in [1.29, 1.82) is 0 Å². The molecule has 5 nitrogen and oxygen atoms in total. The number of imide groups is 1. The van der Waals surface area contributed by atoms with Crippen LogP contribution < -0.4 is 10.1 Å². The second-order valence-electron chi connectivity index (χ2n) is 8.71. The molecule has 3 atom stereocenters. The normalized spacial score (nSPS) is 23.1. The Morgan fingerprint density at radius 2 is 1.58 bits per heavy atom. The van der Waals surface area contributed by atoms with E-state index in [4.69, 9.17) is 4.74 Å². The van der Waals surface area contributed by atoms with Crippen molar-refractivity contribution in [2.24, 2.45) is 17.8 Å². The maximum atomic E-state index is 12.7. The lowest BCUT2D eigenvalue weighted by molar-refractivity contribution is -0.139. The molecule has 2 fully saturated rings. The van der Waals surface area contributed by atoms with E-state index in [2.05, 4.69) is 24.4 Å². The van der Waals surface area contributed by atoms with Crippen LogP contribution in [0.2, 0.25) is 0 Å². The third-order valence-corrected chi connectivity index (χ3v) is 6.53. The van der Waals surface area contributed by atoms with Gasteiger partial charge in [0.1, 0.15) is 11.5 Å². The summed E-state index contributed by atoms with van der Waals surface area (Å²) < 4.78 is 5.98. The van der Waals surface area contributed by atoms with Gasteiger partial charge in [-0.15, -0.1) is 0 Å². The van der Waals surface area contributed by atoms with Crippen LogP contribution in [0, 0.1) is 17.8 Å². The van der Waals surface area contributed by atoms with Crippen LogP contribution in [-0.2, 0) is 9.59 Å². The van der Waals surface area contributed by atoms with Gasteiger partial charge in [0.15, 0.2) is 0 Å². The second kappa shape index (κ2) is 8.06. The number of nitrogens with zero attached hydrogens (tertiary/aromatic N) is 1. The molecule has 2 aliphatic rings. The van der Waals surface area contributed by atoms with Crippen LogP contribution in [0.4, 0.5) is 5.69 Å². The fourth-order valence-electron chi connectivity index (χ4n) is 4.79. The van der Waals surface area contributed by atoms with E-state index in [1.807, 2.05) is 54.6 Å². The number of likely N-dealkylation sites (tertiary alicyclic amines) is 1. The monoisotopic (exact) mass is 414 g/mol. The Bertz CT molecular complexity index is 1120. The van der Waals surface area contributed by atoms with Gasteiger partial charge in [-0.1, -0.05) is 37.3 Å². The molecule has 1 saturated heterocycles. The summed E-state index contributed by atoms with van der Waals surface area (Å²) in [4.78, 5) is 26.8. The van der Waals surface area contributed by atoms with Crippen molar-refractivity contribution < 1.29 is 14.3 Å². The van der Waals surface area contributed by atoms with Crippen molar-refractivity contribution in [2.75, 3.05) is 12.0 Å². The minimum absolute atomic E-state index is 0.0225. The predicted octanol–water partition coefficient (Wildman–Crippen LogP) is 5.42. The molecule has 1 aliphatic heterocycles. The zero-order valence-electron chi connectivity index (χ0n) is 17.6. The molecular weight excluding hydrogens is 388 g/mol. The van der Waals surface area contributed by atoms with Crippen LogP contribution >= 0.6 is 0 Å². The van der Waals surface area contributed by atoms with Gasteiger partial charge in [0.25, 0.3) is 0 Å². The predicted molar refractivity (Wildman–Crippen MR) is 121 cm³/mol. The van der Waals surface area contributed by atoms with E-state index < -0.39 is 0 Å². The van der Waals surface area contributed by atoms with Gasteiger partial charge in [-0.05, 0) is 72.4 Å². The van der Waals surface area contributed by atoms with Gasteiger partial charge in [0, 0.05) is 5.69 Å². The maximum Gasteiger partial charge on any atom is 0.234 e. The second-order valence-corrected chi connectivity index (χ2v) is 8.71. The lowest BCUT2D eigenvalue weighted by Gasteiger charge is -2.25. The fraction of sp³-hybridized carbons (Fsp3) is 0.308. The number of anilines is 1. The van der Waals surface area contributed by atoms with Gasteiger partial charge < -0.3 is 10.1 Å². The first kappa shape index (κ1) is 19.6. The van der Waals surface area contributed by atoms with E-state index in [0.29, 0.717) is 5.92 Å². The highest BCUT2D eigenvalue weighted by atomic mass is 16.5. The number of benzene rings is 3. The van der Waals surface area contributed by atoms with Crippen molar-refractivity contribution in [2.45, 2.75) is 26.2 Å². The number of amides is 2. The summed E-state index contributed by atoms with van der Waals surface area (Å²) >= 11 is 0. The molecule has 1 N–H and O–H groups in total. The molecule has 5 heteroatoms. The number of nitrogens with one attached hydrogen (secondary N) is 1. The first-order valence-electron chi connectivity index (χ1n) is 10.9. The summed E-state index contributed by atoms with van der Waals surface area (Å²) in [6, 6.07) is 21.8. The summed E-state index contributed by atoms with van der Waals surface area (Å²) in [5.74, 6) is 1.73. The van der Waals surface area contributed by atoms with E-state index in [1.54, 1.807) is 0 Å². The maximum absolute atomic E-state index is 12.7. The lowest BCUT2D eigenvalue weighted by atomic mass is 9.76. The molecule has 3 aromatic rings. The first-order valence-corrected chi connectivity index (χ1v) is 10.9. The van der Waals surface area contributed by atoms with Crippen LogP contribution in [0.1, 0.15) is 26.2 Å². The van der Waals surface area contributed by atoms with Crippen LogP contribution in [-0.4, -0.2) is 23.4 Å². The van der Waals surface area contributed by atoms with Crippen LogP contribution in [0.5, 0.6) is 11.5 Å². The van der Waals surface area contributed by atoms with E-state index in [9.17, 15) is 9.59 Å². The van der Waals surface area contributed by atoms with E-state index in [1.165, 1.54) is 10.3 Å². The molecule has 0 radical (unpaired) electrons. The molecule has 0 unspecified atom stereocenters. The number of carbonyl (C=O) groups excluding carboxylic acids is 2. The molecule has 1 aliphatic carbocycles. The summed E-state index contributed by atoms with van der Waals surface area (Å²) in [6.07, 6.45) is 2.68. The highest BCUT2D eigenvalue weighted by Gasteiger charge is 2.49. The number of carbonyl (C=O) groups is 2. The average molecular weight is 415 g/mol. The van der Waals surface area contributed by atoms with Gasteiger partial charge in [0.2, 0.25) is 11.8 Å². The Balaban J connectivity index is 1.21. The number of hydrogen-bond acceptors (Lipinski definition) is 4. The molecule has 31 heavy (non-hydrogen) atoms. The smallest absolute Gasteiger partial charge is 0.234 e. The third kappa shape index (κ3) is 3.88. The summed E-state index contributed by atoms with van der Waals surface area (Å²) in [5, 5.41) is 5.52. The SMILES string of the molecule is C[C@@H]1CC[C@H]2C(=O)N(CNc3ccc(Oc4ccc5ccccc5c4)cc3)C(=O)[C@@H]2C1. The Kier molecular flexibility index (Phi) is 5.10. The number of hydrogen-bond donors (Lipinski definition) is 1. The summed E-state index contributed by atoms with van der Waals surface area (Å²) in [7, 11) is 0. The largest absolute Gasteiger partial charge is 0.457 e. The van der Waals surface area contributed by atoms with Crippen molar-refractivity contribution in [1.82, 2.24) is 4.90 Å². The fourth-order valence-corrected chi connectivity index (χ4v) is 4.79. The number of ether oxygens (including phenoxy) is 1. The number of fused-ring (bicyclic) bond motifs is 2. The van der Waals surface area contributed by atoms with Crippen molar-refractivity contribution >= 4 is 28.3 Å². The van der Waals surface area contributed by atoms with Crippen molar-refractivity contribution in [3.63, 3.8) is 0 Å². The first-order chi connectivity index (χ1) is 15.1. The van der Waals surface area contributed by atoms with Gasteiger partial charge in [-0.2, -0.15) is 0 Å². The molecular formula is C26H26N2O3. The van der Waals surface area contributed by atoms with Gasteiger partial charge in [0.05, 0.1) is 18.5 Å². The van der Waals surface area contributed by atoms with E-state index in [-0.39, 0.29) is 30.3 Å². The standard InChI is InChI=1S/C26H26N2O3/c1-17-6-13-23-24(14-17)26(30)28(25(23)29)16-27-20-8-11-21(12-9-20)31-22-10-7-18-4-2-3-5-19(18)15-22/h2-5,7-12,15,17,23-24,27H,6,13-14,16H2,1H3/t17-,23-,24-/m1/s1. The summed E-state index contributed by atoms with van der Waals surface area (Å²) in [6.45, 7) is 2.38. The van der Waals surface area contributed by atoms with Crippen LogP contribution in [0.3, 0.4) is 0 Å². The highest BCUT2D eigenvalue weighted by Crippen LogP contribution is 2.40. The van der Waals surface area contributed by atoms with E-state index >= 15 is 0 Å². The Hall–Kier alpha value is -3.34. The van der Waals surface area contributed by atoms with Gasteiger partial charge in [-0.3, -0.25) is 14.5 Å². The third-order valence-electron chi connectivity index (χ3n) is 6.53. The van der Waals surface area contributed by atoms with Crippen LogP contribution in [0.25, 0.3) is 10.8 Å². The average Bonchev–Trinajstić information content (AvgIpc) is 3.02. The topological polar surface area (TPSA) is 58.6 Å². The zero-order chi connectivity index (χ0) is 21.4. The Labute approximate surface area is 182 Å². The molecule has 1 saturated carbocycles. The minimum atomic E-state index is -0.129. The highest BCUT2D eigenvalue weighted by molar-refractivity contribution is 6.05. The van der Waals surface area contributed by atoms with E-state index in [0.717, 1.165) is 41.8 Å². The molecule has 158 valence electrons. The molecule has 0 bridgehead atoms. The Morgan fingerprint density at radius 1 is 0.871 bits per heavy atom. The van der Waals surface area contributed by atoms with Crippen molar-refractivity contribution in [3.05, 3.63) is 66.7 Å². The quantitative estimate of drug-likeness (QED) is 0.566. The van der Waals surface area contributed by atoms with Crippen molar-refractivity contribution in [3.8, 4) is 11.5 Å².